The van der Waals surface area contributed by atoms with Crippen LogP contribution < -0.4 is 4.43 Å². The molecule has 0 aliphatic heterocycles. The molecule has 19 heavy (non-hydrogen) atoms. The van der Waals surface area contributed by atoms with Crippen LogP contribution in [0.15, 0.2) is 18.2 Å². The Morgan fingerprint density at radius 3 is 2.05 bits per heavy atom. The van der Waals surface area contributed by atoms with Crippen molar-refractivity contribution in [1.82, 2.24) is 0 Å². The average molecular weight is 321 g/mol. The molecule has 108 valence electrons. The number of halogens is 2. The van der Waals surface area contributed by atoms with Crippen LogP contribution in [0, 0.1) is 0 Å². The van der Waals surface area contributed by atoms with Gasteiger partial charge in [-0.25, -0.2) is 0 Å². The van der Waals surface area contributed by atoms with Gasteiger partial charge in [-0.3, -0.25) is 0 Å². The molecule has 1 aromatic rings. The van der Waals surface area contributed by atoms with Gasteiger partial charge in [-0.2, -0.15) is 0 Å². The molecule has 0 unspecified atom stereocenters. The van der Waals surface area contributed by atoms with E-state index in [1.54, 1.807) is 18.2 Å². The van der Waals surface area contributed by atoms with Crippen LogP contribution in [0.4, 0.5) is 0 Å². The lowest BCUT2D eigenvalue weighted by Crippen LogP contribution is -2.44. The lowest BCUT2D eigenvalue weighted by Gasteiger charge is -2.29. The fourth-order valence-corrected chi connectivity index (χ4v) is 4.66. The van der Waals surface area contributed by atoms with Gasteiger partial charge in [-0.15, -0.1) is 0 Å². The van der Waals surface area contributed by atoms with E-state index in [4.69, 9.17) is 32.1 Å². The van der Waals surface area contributed by atoms with Gasteiger partial charge < -0.3 is 8.85 Å². The Hall–Kier alpha value is -0.223. The molecule has 0 radical (unpaired) electrons. The Morgan fingerprint density at radius 1 is 1.00 bits per heavy atom. The molecule has 1 rings (SSSR count). The monoisotopic (exact) mass is 320 g/mol. The minimum Gasteiger partial charge on any atom is -0.520 e. The third-order valence-corrected chi connectivity index (χ3v) is 7.01. The average Bonchev–Trinajstić information content (AvgIpc) is 2.36. The topological polar surface area (TPSA) is 18.5 Å². The highest BCUT2D eigenvalue weighted by Crippen LogP contribution is 2.29. The molecule has 0 N–H and O–H groups in total. The summed E-state index contributed by atoms with van der Waals surface area (Å²) in [6.07, 6.45) is 2.19. The van der Waals surface area contributed by atoms with Gasteiger partial charge in [0.15, 0.2) is 0 Å². The molecule has 0 heterocycles. The van der Waals surface area contributed by atoms with Crippen molar-refractivity contribution in [3.63, 3.8) is 0 Å². The normalized spacial score (nSPS) is 11.6. The molecular formula is C14H22Cl2O2Si. The maximum atomic E-state index is 6.16. The van der Waals surface area contributed by atoms with Gasteiger partial charge in [0.05, 0.1) is 0 Å². The SMILES string of the molecule is CCCCO[Si](CC)(CC)Oc1cc(Cl)cc(Cl)c1. The summed E-state index contributed by atoms with van der Waals surface area (Å²) in [5.41, 5.74) is 0. The minimum absolute atomic E-state index is 0.589. The van der Waals surface area contributed by atoms with Crippen molar-refractivity contribution in [2.24, 2.45) is 0 Å². The lowest BCUT2D eigenvalue weighted by molar-refractivity contribution is 0.233. The molecule has 0 atom stereocenters. The number of unbranched alkanes of at least 4 members (excludes halogenated alkanes) is 1. The summed E-state index contributed by atoms with van der Waals surface area (Å²) in [7, 11) is -2.18. The van der Waals surface area contributed by atoms with Crippen LogP contribution >= 0.6 is 23.2 Å². The summed E-state index contributed by atoms with van der Waals surface area (Å²) in [4.78, 5) is 0. The van der Waals surface area contributed by atoms with Crippen LogP contribution in [-0.2, 0) is 4.43 Å². The Labute approximate surface area is 127 Å². The van der Waals surface area contributed by atoms with Crippen LogP contribution in [0.25, 0.3) is 0 Å². The van der Waals surface area contributed by atoms with Crippen molar-refractivity contribution in [1.29, 1.82) is 0 Å². The fraction of sp³-hybridized carbons (Fsp3) is 0.571. The molecule has 2 nitrogen and oxygen atoms in total. The molecule has 0 aliphatic rings. The first-order chi connectivity index (χ1) is 9.05. The van der Waals surface area contributed by atoms with Gasteiger partial charge >= 0.3 is 8.56 Å². The van der Waals surface area contributed by atoms with Crippen LogP contribution in [0.2, 0.25) is 22.1 Å². The minimum atomic E-state index is -2.18. The van der Waals surface area contributed by atoms with Gasteiger partial charge in [0.2, 0.25) is 0 Å². The summed E-state index contributed by atoms with van der Waals surface area (Å²) < 4.78 is 12.2. The van der Waals surface area contributed by atoms with E-state index in [0.717, 1.165) is 31.5 Å². The van der Waals surface area contributed by atoms with Gasteiger partial charge in [-0.1, -0.05) is 50.4 Å². The molecule has 0 saturated carbocycles. The first-order valence-corrected chi connectivity index (χ1v) is 9.83. The van der Waals surface area contributed by atoms with E-state index in [0.29, 0.717) is 15.8 Å². The maximum absolute atomic E-state index is 6.16. The fourth-order valence-electron chi connectivity index (χ4n) is 1.83. The maximum Gasteiger partial charge on any atom is 0.398 e. The third-order valence-electron chi connectivity index (χ3n) is 3.08. The molecule has 0 bridgehead atoms. The second kappa shape index (κ2) is 8.15. The van der Waals surface area contributed by atoms with E-state index in [2.05, 4.69) is 20.8 Å². The highest BCUT2D eigenvalue weighted by atomic mass is 35.5. The van der Waals surface area contributed by atoms with Crippen molar-refractivity contribution in [3.05, 3.63) is 28.2 Å². The Bertz CT molecular complexity index is 375. The van der Waals surface area contributed by atoms with E-state index in [9.17, 15) is 0 Å². The smallest absolute Gasteiger partial charge is 0.398 e. The van der Waals surface area contributed by atoms with Gasteiger partial charge in [0.25, 0.3) is 0 Å². The predicted molar refractivity (Wildman–Crippen MR) is 84.7 cm³/mol. The summed E-state index contributed by atoms with van der Waals surface area (Å²) in [6.45, 7) is 7.16. The summed E-state index contributed by atoms with van der Waals surface area (Å²) in [5, 5.41) is 1.18. The zero-order valence-electron chi connectivity index (χ0n) is 11.8. The highest BCUT2D eigenvalue weighted by molar-refractivity contribution is 6.68. The van der Waals surface area contributed by atoms with E-state index < -0.39 is 8.56 Å². The van der Waals surface area contributed by atoms with Crippen molar-refractivity contribution in [2.75, 3.05) is 6.61 Å². The van der Waals surface area contributed by atoms with Crippen LogP contribution in [0.1, 0.15) is 33.6 Å². The molecule has 0 amide bonds. The second-order valence-electron chi connectivity index (χ2n) is 4.53. The first kappa shape index (κ1) is 16.8. The predicted octanol–water partition coefficient (Wildman–Crippen LogP) is 5.67. The standard InChI is InChI=1S/C14H22Cl2O2Si/c1-4-7-8-17-19(5-2,6-3)18-14-10-12(15)9-13(16)11-14/h9-11H,4-8H2,1-3H3. The Kier molecular flexibility index (Phi) is 7.22. The van der Waals surface area contributed by atoms with Crippen molar-refractivity contribution in [3.8, 4) is 5.75 Å². The molecule has 1 aromatic carbocycles. The third kappa shape index (κ3) is 5.34. The van der Waals surface area contributed by atoms with E-state index in [1.807, 2.05) is 0 Å². The molecule has 0 saturated heterocycles. The molecule has 5 heteroatoms. The van der Waals surface area contributed by atoms with Gasteiger partial charge in [0, 0.05) is 16.7 Å². The van der Waals surface area contributed by atoms with Crippen molar-refractivity contribution >= 4 is 31.8 Å². The van der Waals surface area contributed by atoms with Crippen LogP contribution in [-0.4, -0.2) is 15.2 Å². The number of hydrogen-bond acceptors (Lipinski definition) is 2. The van der Waals surface area contributed by atoms with Crippen molar-refractivity contribution < 1.29 is 8.85 Å². The molecule has 0 fully saturated rings. The second-order valence-corrected chi connectivity index (χ2v) is 9.13. The van der Waals surface area contributed by atoms with E-state index >= 15 is 0 Å². The van der Waals surface area contributed by atoms with Crippen molar-refractivity contribution in [2.45, 2.75) is 45.7 Å². The van der Waals surface area contributed by atoms with Crippen LogP contribution in [0.5, 0.6) is 5.75 Å². The van der Waals surface area contributed by atoms with E-state index in [1.165, 1.54) is 0 Å². The largest absolute Gasteiger partial charge is 0.520 e. The lowest BCUT2D eigenvalue weighted by atomic mass is 10.3. The molecule has 0 spiro atoms. The number of benzene rings is 1. The number of hydrogen-bond donors (Lipinski definition) is 0. The molecular weight excluding hydrogens is 299 g/mol. The van der Waals surface area contributed by atoms with Crippen LogP contribution in [0.3, 0.4) is 0 Å². The zero-order chi connectivity index (χ0) is 14.3. The molecule has 0 aromatic heterocycles. The molecule has 0 aliphatic carbocycles. The summed E-state index contributed by atoms with van der Waals surface area (Å²) in [5.74, 6) is 0.712. The van der Waals surface area contributed by atoms with Gasteiger partial charge in [0.1, 0.15) is 5.75 Å². The Balaban J connectivity index is 2.81. The van der Waals surface area contributed by atoms with Gasteiger partial charge in [-0.05, 0) is 36.7 Å². The Morgan fingerprint density at radius 2 is 1.58 bits per heavy atom. The van der Waals surface area contributed by atoms with E-state index in [-0.39, 0.29) is 0 Å². The number of rotatable bonds is 8. The first-order valence-electron chi connectivity index (χ1n) is 6.84. The summed E-state index contributed by atoms with van der Waals surface area (Å²) in [6, 6.07) is 7.12. The highest BCUT2D eigenvalue weighted by Gasteiger charge is 2.35. The zero-order valence-corrected chi connectivity index (χ0v) is 14.4. The quantitative estimate of drug-likeness (QED) is 0.453. The summed E-state index contributed by atoms with van der Waals surface area (Å²) >= 11 is 12.0.